The standard InChI is InChI=1S/C16H18N4O3S/c1-10-18-19-16(20(10)12-3-4-12)24-8-15(21)17-7-11-2-5-13-14(6-11)23-9-22-13/h2,5-6,12H,3-4,7-9H2,1H3,(H,17,21). The molecule has 1 fully saturated rings. The average molecular weight is 346 g/mol. The van der Waals surface area contributed by atoms with Gasteiger partial charge in [-0.2, -0.15) is 0 Å². The second-order valence-corrected chi connectivity index (χ2v) is 6.83. The van der Waals surface area contributed by atoms with Crippen molar-refractivity contribution in [1.82, 2.24) is 20.1 Å². The van der Waals surface area contributed by atoms with E-state index in [1.807, 2.05) is 25.1 Å². The summed E-state index contributed by atoms with van der Waals surface area (Å²) in [6, 6.07) is 6.19. The fourth-order valence-corrected chi connectivity index (χ4v) is 3.52. The van der Waals surface area contributed by atoms with Crippen molar-refractivity contribution >= 4 is 17.7 Å². The van der Waals surface area contributed by atoms with Crippen LogP contribution in [0.3, 0.4) is 0 Å². The van der Waals surface area contributed by atoms with Crippen LogP contribution in [0.15, 0.2) is 23.4 Å². The topological polar surface area (TPSA) is 78.3 Å². The Morgan fingerprint density at radius 3 is 3.00 bits per heavy atom. The highest BCUT2D eigenvalue weighted by atomic mass is 32.2. The molecule has 126 valence electrons. The molecule has 1 aromatic carbocycles. The van der Waals surface area contributed by atoms with Crippen molar-refractivity contribution in [3.8, 4) is 11.5 Å². The van der Waals surface area contributed by atoms with Crippen LogP contribution in [0, 0.1) is 6.92 Å². The number of fused-ring (bicyclic) bond motifs is 1. The first-order chi connectivity index (χ1) is 11.7. The summed E-state index contributed by atoms with van der Waals surface area (Å²) in [5.74, 6) is 2.69. The third-order valence-electron chi connectivity index (χ3n) is 4.01. The number of hydrogen-bond acceptors (Lipinski definition) is 6. The van der Waals surface area contributed by atoms with Gasteiger partial charge in [0.15, 0.2) is 16.7 Å². The van der Waals surface area contributed by atoms with Crippen LogP contribution in [0.2, 0.25) is 0 Å². The van der Waals surface area contributed by atoms with Crippen LogP contribution in [0.25, 0.3) is 0 Å². The summed E-state index contributed by atoms with van der Waals surface area (Å²) in [4.78, 5) is 12.1. The molecular weight excluding hydrogens is 328 g/mol. The number of aryl methyl sites for hydroxylation is 1. The van der Waals surface area contributed by atoms with Gasteiger partial charge in [-0.1, -0.05) is 17.8 Å². The Labute approximate surface area is 143 Å². The van der Waals surface area contributed by atoms with Crippen molar-refractivity contribution in [2.45, 2.75) is 37.5 Å². The van der Waals surface area contributed by atoms with E-state index >= 15 is 0 Å². The summed E-state index contributed by atoms with van der Waals surface area (Å²) < 4.78 is 12.7. The molecule has 1 aliphatic heterocycles. The minimum Gasteiger partial charge on any atom is -0.454 e. The lowest BCUT2D eigenvalue weighted by atomic mass is 10.2. The lowest BCUT2D eigenvalue weighted by Gasteiger charge is -2.07. The zero-order valence-electron chi connectivity index (χ0n) is 13.3. The van der Waals surface area contributed by atoms with Crippen molar-refractivity contribution < 1.29 is 14.3 Å². The molecule has 2 heterocycles. The van der Waals surface area contributed by atoms with Gasteiger partial charge in [-0.3, -0.25) is 4.79 Å². The highest BCUT2D eigenvalue weighted by Crippen LogP contribution is 2.38. The van der Waals surface area contributed by atoms with Gasteiger partial charge >= 0.3 is 0 Å². The van der Waals surface area contributed by atoms with E-state index in [0.717, 1.165) is 28.0 Å². The number of hydrogen-bond donors (Lipinski definition) is 1. The lowest BCUT2D eigenvalue weighted by molar-refractivity contribution is -0.118. The van der Waals surface area contributed by atoms with Gasteiger partial charge < -0.3 is 19.4 Å². The molecule has 2 aromatic rings. The summed E-state index contributed by atoms with van der Waals surface area (Å²) in [6.07, 6.45) is 2.34. The van der Waals surface area contributed by atoms with Crippen molar-refractivity contribution in [1.29, 1.82) is 0 Å². The first-order valence-electron chi connectivity index (χ1n) is 7.90. The maximum atomic E-state index is 12.1. The number of benzene rings is 1. The number of thioether (sulfide) groups is 1. The van der Waals surface area contributed by atoms with Gasteiger partial charge in [0.1, 0.15) is 5.82 Å². The van der Waals surface area contributed by atoms with Crippen molar-refractivity contribution in [3.05, 3.63) is 29.6 Å². The minimum atomic E-state index is -0.0272. The zero-order valence-corrected chi connectivity index (χ0v) is 14.1. The van der Waals surface area contributed by atoms with Crippen molar-refractivity contribution in [2.75, 3.05) is 12.5 Å². The Bertz CT molecular complexity index is 773. The number of aromatic nitrogens is 3. The Kier molecular flexibility index (Phi) is 4.05. The summed E-state index contributed by atoms with van der Waals surface area (Å²) in [5, 5.41) is 12.0. The summed E-state index contributed by atoms with van der Waals surface area (Å²) in [7, 11) is 0. The molecule has 24 heavy (non-hydrogen) atoms. The molecule has 8 heteroatoms. The molecule has 4 rings (SSSR count). The Morgan fingerprint density at radius 1 is 1.33 bits per heavy atom. The van der Waals surface area contributed by atoms with Gasteiger partial charge in [0, 0.05) is 12.6 Å². The zero-order chi connectivity index (χ0) is 16.5. The SMILES string of the molecule is Cc1nnc(SCC(=O)NCc2ccc3c(c2)OCO3)n1C1CC1. The molecular formula is C16H18N4O3S. The molecule has 2 aliphatic rings. The molecule has 0 radical (unpaired) electrons. The van der Waals surface area contributed by atoms with Crippen LogP contribution in [-0.2, 0) is 11.3 Å². The van der Waals surface area contributed by atoms with Crippen LogP contribution in [0.5, 0.6) is 11.5 Å². The third kappa shape index (κ3) is 3.19. The van der Waals surface area contributed by atoms with E-state index in [9.17, 15) is 4.79 Å². The molecule has 1 amide bonds. The van der Waals surface area contributed by atoms with Gasteiger partial charge in [-0.25, -0.2) is 0 Å². The second kappa shape index (κ2) is 6.35. The monoisotopic (exact) mass is 346 g/mol. The number of rotatable bonds is 6. The molecule has 1 aromatic heterocycles. The minimum absolute atomic E-state index is 0.0272. The first-order valence-corrected chi connectivity index (χ1v) is 8.89. The van der Waals surface area contributed by atoms with E-state index in [2.05, 4.69) is 20.1 Å². The van der Waals surface area contributed by atoms with Crippen molar-refractivity contribution in [2.24, 2.45) is 0 Å². The fourth-order valence-electron chi connectivity index (χ4n) is 2.63. The van der Waals surface area contributed by atoms with Gasteiger partial charge in [0.2, 0.25) is 12.7 Å². The van der Waals surface area contributed by atoms with E-state index in [4.69, 9.17) is 9.47 Å². The lowest BCUT2D eigenvalue weighted by Crippen LogP contribution is -2.24. The number of carbonyl (C=O) groups is 1. The Hall–Kier alpha value is -2.22. The van der Waals surface area contributed by atoms with Gasteiger partial charge in [0.05, 0.1) is 5.75 Å². The Morgan fingerprint density at radius 2 is 2.17 bits per heavy atom. The summed E-state index contributed by atoms with van der Waals surface area (Å²) in [6.45, 7) is 2.67. The van der Waals surface area contributed by atoms with Gasteiger partial charge in [-0.15, -0.1) is 10.2 Å². The predicted octanol–water partition coefficient (Wildman–Crippen LogP) is 2.06. The van der Waals surface area contributed by atoms with Crippen molar-refractivity contribution in [3.63, 3.8) is 0 Å². The van der Waals surface area contributed by atoms with Crippen LogP contribution < -0.4 is 14.8 Å². The molecule has 0 saturated heterocycles. The number of amides is 1. The Balaban J connectivity index is 1.29. The molecule has 0 atom stereocenters. The molecule has 0 spiro atoms. The molecule has 1 N–H and O–H groups in total. The average Bonchev–Trinajstić information content (AvgIpc) is 3.18. The smallest absolute Gasteiger partial charge is 0.231 e. The molecule has 7 nitrogen and oxygen atoms in total. The van der Waals surface area contributed by atoms with Crippen LogP contribution in [-0.4, -0.2) is 33.2 Å². The molecule has 0 bridgehead atoms. The molecule has 1 saturated carbocycles. The highest BCUT2D eigenvalue weighted by Gasteiger charge is 2.28. The quantitative estimate of drug-likeness (QED) is 0.807. The van der Waals surface area contributed by atoms with E-state index in [1.165, 1.54) is 24.6 Å². The largest absolute Gasteiger partial charge is 0.454 e. The van der Waals surface area contributed by atoms with Gasteiger partial charge in [-0.05, 0) is 37.5 Å². The second-order valence-electron chi connectivity index (χ2n) is 5.88. The maximum absolute atomic E-state index is 12.1. The number of carbonyl (C=O) groups excluding carboxylic acids is 1. The van der Waals surface area contributed by atoms with E-state index in [0.29, 0.717) is 18.3 Å². The fraction of sp³-hybridized carbons (Fsp3) is 0.438. The number of nitrogens with one attached hydrogen (secondary N) is 1. The molecule has 0 unspecified atom stereocenters. The predicted molar refractivity (Wildman–Crippen MR) is 88.2 cm³/mol. The highest BCUT2D eigenvalue weighted by molar-refractivity contribution is 7.99. The number of ether oxygens (including phenoxy) is 2. The first kappa shape index (κ1) is 15.3. The normalized spacial score (nSPS) is 15.5. The summed E-state index contributed by atoms with van der Waals surface area (Å²) in [5.41, 5.74) is 0.981. The van der Waals surface area contributed by atoms with E-state index in [1.54, 1.807) is 0 Å². The number of nitrogens with zero attached hydrogens (tertiary/aromatic N) is 3. The summed E-state index contributed by atoms with van der Waals surface area (Å²) >= 11 is 1.43. The van der Waals surface area contributed by atoms with Crippen LogP contribution >= 0.6 is 11.8 Å². The third-order valence-corrected chi connectivity index (χ3v) is 4.95. The van der Waals surface area contributed by atoms with Crippen LogP contribution in [0.4, 0.5) is 0 Å². The maximum Gasteiger partial charge on any atom is 0.231 e. The van der Waals surface area contributed by atoms with E-state index in [-0.39, 0.29) is 12.7 Å². The van der Waals surface area contributed by atoms with Gasteiger partial charge in [0.25, 0.3) is 0 Å². The van der Waals surface area contributed by atoms with E-state index < -0.39 is 0 Å². The molecule has 1 aliphatic carbocycles. The van der Waals surface area contributed by atoms with Crippen LogP contribution in [0.1, 0.15) is 30.3 Å².